The largest absolute Gasteiger partial charge is 0.314 e. The normalized spacial score (nSPS) is 9.72. The van der Waals surface area contributed by atoms with Crippen molar-refractivity contribution in [3.8, 4) is 12.1 Å². The fourth-order valence-corrected chi connectivity index (χ4v) is 2.21. The predicted octanol–water partition coefficient (Wildman–Crippen LogP) is 1.53. The second-order valence-electron chi connectivity index (χ2n) is 3.10. The van der Waals surface area contributed by atoms with Crippen molar-refractivity contribution in [2.75, 3.05) is 11.2 Å². The molecule has 0 atom stereocenters. The van der Waals surface area contributed by atoms with Crippen LogP contribution in [0.5, 0.6) is 0 Å². The van der Waals surface area contributed by atoms with E-state index in [-0.39, 0.29) is 17.3 Å². The molecule has 9 heteroatoms. The van der Waals surface area contributed by atoms with Gasteiger partial charge in [-0.15, -0.1) is 21.8 Å². The molecule has 90 valence electrons. The Bertz CT molecular complexity index is 601. The molecule has 0 aliphatic carbocycles. The minimum absolute atomic E-state index is 0.0468. The number of aromatic amines is 1. The average molecular weight is 280 g/mol. The van der Waals surface area contributed by atoms with Crippen molar-refractivity contribution in [1.29, 1.82) is 10.5 Å². The second-order valence-corrected chi connectivity index (χ2v) is 4.54. The zero-order valence-electron chi connectivity index (χ0n) is 8.94. The Kier molecular flexibility index (Phi) is 3.72. The molecular formula is C9H6ClN7S. The highest BCUT2D eigenvalue weighted by molar-refractivity contribution is 7.15. The van der Waals surface area contributed by atoms with Gasteiger partial charge in [0.1, 0.15) is 17.1 Å². The van der Waals surface area contributed by atoms with Crippen LogP contribution in [0.1, 0.15) is 16.4 Å². The Morgan fingerprint density at radius 2 is 2.17 bits per heavy atom. The summed E-state index contributed by atoms with van der Waals surface area (Å²) in [6, 6.07) is 3.67. The Labute approximate surface area is 111 Å². The lowest BCUT2D eigenvalue weighted by Crippen LogP contribution is -1.91. The van der Waals surface area contributed by atoms with E-state index < -0.39 is 0 Å². The Morgan fingerprint density at radius 3 is 2.78 bits per heavy atom. The molecule has 0 amide bonds. The molecule has 0 spiro atoms. The van der Waals surface area contributed by atoms with Gasteiger partial charge in [0.05, 0.1) is 0 Å². The first-order chi connectivity index (χ1) is 8.76. The summed E-state index contributed by atoms with van der Waals surface area (Å²) in [7, 11) is 0. The summed E-state index contributed by atoms with van der Waals surface area (Å²) in [4.78, 5) is 6.59. The zero-order valence-corrected chi connectivity index (χ0v) is 10.5. The van der Waals surface area contributed by atoms with Crippen LogP contribution in [0.4, 0.5) is 11.1 Å². The van der Waals surface area contributed by atoms with Crippen LogP contribution in [0, 0.1) is 22.7 Å². The van der Waals surface area contributed by atoms with Crippen LogP contribution in [0.3, 0.4) is 0 Å². The maximum absolute atomic E-state index is 8.76. The highest BCUT2D eigenvalue weighted by Crippen LogP contribution is 2.20. The van der Waals surface area contributed by atoms with Crippen LogP contribution < -0.4 is 5.32 Å². The van der Waals surface area contributed by atoms with Gasteiger partial charge in [0, 0.05) is 12.3 Å². The number of halogens is 1. The minimum atomic E-state index is 0.0468. The number of nitrogens with one attached hydrogen (secondary N) is 2. The van der Waals surface area contributed by atoms with Gasteiger partial charge in [-0.2, -0.15) is 10.5 Å². The van der Waals surface area contributed by atoms with Gasteiger partial charge in [-0.25, -0.2) is 4.98 Å². The van der Waals surface area contributed by atoms with Crippen molar-refractivity contribution in [3.63, 3.8) is 0 Å². The zero-order chi connectivity index (χ0) is 13.0. The number of imidazole rings is 1. The number of nitriles is 2. The van der Waals surface area contributed by atoms with Crippen molar-refractivity contribution in [2.45, 2.75) is 6.42 Å². The fraction of sp³-hybridized carbons (Fsp3) is 0.222. The number of nitrogens with zero attached hydrogens (tertiary/aromatic N) is 5. The number of anilines is 2. The molecule has 2 aromatic rings. The van der Waals surface area contributed by atoms with E-state index in [0.29, 0.717) is 17.4 Å². The number of hydrogen-bond donors (Lipinski definition) is 2. The topological polar surface area (TPSA) is 114 Å². The van der Waals surface area contributed by atoms with Gasteiger partial charge in [-0.1, -0.05) is 11.3 Å². The molecule has 0 aliphatic heterocycles. The maximum atomic E-state index is 8.76. The molecule has 2 N–H and O–H groups in total. The van der Waals surface area contributed by atoms with Crippen LogP contribution in [0.25, 0.3) is 0 Å². The predicted molar refractivity (Wildman–Crippen MR) is 65.6 cm³/mol. The molecule has 2 heterocycles. The van der Waals surface area contributed by atoms with Crippen molar-refractivity contribution in [3.05, 3.63) is 16.4 Å². The standard InChI is InChI=1S/C9H6ClN7S/c10-2-1-7-16-17-9(18-7)15-8-13-5(3-11)6(4-12)14-8/h1-2H2,(H2,13,14,15,17). The third kappa shape index (κ3) is 2.56. The van der Waals surface area contributed by atoms with Gasteiger partial charge in [0.15, 0.2) is 11.4 Å². The van der Waals surface area contributed by atoms with Crippen molar-refractivity contribution >= 4 is 34.0 Å². The first-order valence-electron chi connectivity index (χ1n) is 4.82. The van der Waals surface area contributed by atoms with Crippen molar-refractivity contribution < 1.29 is 0 Å². The smallest absolute Gasteiger partial charge is 0.212 e. The summed E-state index contributed by atoms with van der Waals surface area (Å²) in [5.41, 5.74) is 0.163. The molecule has 2 rings (SSSR count). The number of rotatable bonds is 4. The van der Waals surface area contributed by atoms with E-state index in [9.17, 15) is 0 Å². The maximum Gasteiger partial charge on any atom is 0.212 e. The van der Waals surface area contributed by atoms with E-state index in [2.05, 4.69) is 25.5 Å². The van der Waals surface area contributed by atoms with Crippen LogP contribution in [0.15, 0.2) is 0 Å². The van der Waals surface area contributed by atoms with Crippen LogP contribution in [-0.2, 0) is 6.42 Å². The summed E-state index contributed by atoms with van der Waals surface area (Å²) in [5, 5.41) is 29.5. The van der Waals surface area contributed by atoms with E-state index in [4.69, 9.17) is 22.1 Å². The van der Waals surface area contributed by atoms with Crippen LogP contribution in [0.2, 0.25) is 0 Å². The third-order valence-corrected chi connectivity index (χ3v) is 3.01. The van der Waals surface area contributed by atoms with Gasteiger partial charge in [-0.3, -0.25) is 0 Å². The molecule has 0 radical (unpaired) electrons. The van der Waals surface area contributed by atoms with Crippen LogP contribution in [-0.4, -0.2) is 26.0 Å². The first-order valence-corrected chi connectivity index (χ1v) is 6.17. The minimum Gasteiger partial charge on any atom is -0.314 e. The lowest BCUT2D eigenvalue weighted by molar-refractivity contribution is 0.988. The van der Waals surface area contributed by atoms with Crippen LogP contribution >= 0.6 is 22.9 Å². The molecule has 2 aromatic heterocycles. The number of alkyl halides is 1. The van der Waals surface area contributed by atoms with Gasteiger partial charge < -0.3 is 10.3 Å². The monoisotopic (exact) mass is 279 g/mol. The fourth-order valence-electron chi connectivity index (χ4n) is 1.18. The molecule has 0 unspecified atom stereocenters. The SMILES string of the molecule is N#Cc1nc(Nc2nnc(CCCl)s2)[nH]c1C#N. The van der Waals surface area contributed by atoms with Gasteiger partial charge >= 0.3 is 0 Å². The molecule has 0 fully saturated rings. The Hall–Kier alpha value is -2.16. The Balaban J connectivity index is 2.16. The first kappa shape index (κ1) is 12.3. The second kappa shape index (κ2) is 5.45. The number of aryl methyl sites for hydroxylation is 1. The van der Waals surface area contributed by atoms with Crippen molar-refractivity contribution in [2.24, 2.45) is 0 Å². The van der Waals surface area contributed by atoms with E-state index in [0.717, 1.165) is 5.01 Å². The van der Waals surface area contributed by atoms with Gasteiger partial charge in [-0.05, 0) is 0 Å². The molecule has 0 saturated carbocycles. The molecule has 0 aromatic carbocycles. The van der Waals surface area contributed by atoms with Crippen molar-refractivity contribution in [1.82, 2.24) is 20.2 Å². The van der Waals surface area contributed by atoms with E-state index in [1.54, 1.807) is 0 Å². The molecule has 0 aliphatic rings. The molecule has 0 saturated heterocycles. The van der Waals surface area contributed by atoms with Gasteiger partial charge in [0.2, 0.25) is 11.1 Å². The highest BCUT2D eigenvalue weighted by atomic mass is 35.5. The Morgan fingerprint density at radius 1 is 1.33 bits per heavy atom. The molecule has 7 nitrogen and oxygen atoms in total. The molecule has 0 bridgehead atoms. The van der Waals surface area contributed by atoms with E-state index in [1.807, 2.05) is 12.1 Å². The van der Waals surface area contributed by atoms with E-state index in [1.165, 1.54) is 11.3 Å². The summed E-state index contributed by atoms with van der Waals surface area (Å²) >= 11 is 6.93. The number of aromatic nitrogens is 4. The summed E-state index contributed by atoms with van der Waals surface area (Å²) in [6.07, 6.45) is 0.645. The summed E-state index contributed by atoms with van der Waals surface area (Å²) in [6.45, 7) is 0. The lowest BCUT2D eigenvalue weighted by Gasteiger charge is -1.93. The molecule has 18 heavy (non-hydrogen) atoms. The molecular weight excluding hydrogens is 274 g/mol. The third-order valence-electron chi connectivity index (χ3n) is 1.92. The highest BCUT2D eigenvalue weighted by Gasteiger charge is 2.11. The van der Waals surface area contributed by atoms with Gasteiger partial charge in [0.25, 0.3) is 0 Å². The summed E-state index contributed by atoms with van der Waals surface area (Å²) < 4.78 is 0. The van der Waals surface area contributed by atoms with E-state index >= 15 is 0 Å². The lowest BCUT2D eigenvalue weighted by atomic mass is 10.4. The average Bonchev–Trinajstić information content (AvgIpc) is 2.97. The summed E-state index contributed by atoms with van der Waals surface area (Å²) in [5.74, 6) is 0.767. The quantitative estimate of drug-likeness (QED) is 0.820. The number of H-pyrrole nitrogens is 1. The number of hydrogen-bond acceptors (Lipinski definition) is 7.